The van der Waals surface area contributed by atoms with Crippen LogP contribution in [0.2, 0.25) is 0 Å². The second-order valence-electron chi connectivity index (χ2n) is 7.10. The van der Waals surface area contributed by atoms with E-state index in [1.54, 1.807) is 18.7 Å². The fraction of sp³-hybridized carbons (Fsp3) is 0.261. The summed E-state index contributed by atoms with van der Waals surface area (Å²) in [7, 11) is 1.78. The van der Waals surface area contributed by atoms with E-state index in [0.717, 1.165) is 17.0 Å². The Morgan fingerprint density at radius 2 is 1.74 bits per heavy atom. The van der Waals surface area contributed by atoms with Crippen LogP contribution in [0.4, 0.5) is 11.4 Å². The van der Waals surface area contributed by atoms with Gasteiger partial charge in [-0.1, -0.05) is 31.2 Å². The highest BCUT2D eigenvalue weighted by Crippen LogP contribution is 2.22. The van der Waals surface area contributed by atoms with E-state index in [1.807, 2.05) is 61.5 Å². The van der Waals surface area contributed by atoms with Crippen LogP contribution in [-0.2, 0) is 16.6 Å². The van der Waals surface area contributed by atoms with Gasteiger partial charge >= 0.3 is 0 Å². The Kier molecular flexibility index (Phi) is 7.36. The molecule has 31 heavy (non-hydrogen) atoms. The van der Waals surface area contributed by atoms with Crippen molar-refractivity contribution in [2.24, 2.45) is 7.05 Å². The summed E-state index contributed by atoms with van der Waals surface area (Å²) in [5, 5.41) is 5.61. The van der Waals surface area contributed by atoms with E-state index >= 15 is 0 Å². The van der Waals surface area contributed by atoms with E-state index < -0.39 is 0 Å². The number of carbonyl (C=O) groups excluding carboxylic acids is 2. The average molecular weight is 439 g/mol. The monoisotopic (exact) mass is 438 g/mol. The maximum Gasteiger partial charge on any atom is 0.295 e. The number of rotatable bonds is 8. The number of para-hydroxylation sites is 1. The van der Waals surface area contributed by atoms with Gasteiger partial charge in [0.1, 0.15) is 5.69 Å². The van der Waals surface area contributed by atoms with E-state index in [9.17, 15) is 14.4 Å². The van der Waals surface area contributed by atoms with Gasteiger partial charge in [-0.05, 0) is 43.7 Å². The van der Waals surface area contributed by atoms with Gasteiger partial charge in [0.2, 0.25) is 11.8 Å². The van der Waals surface area contributed by atoms with Gasteiger partial charge in [0.25, 0.3) is 5.56 Å². The molecule has 1 heterocycles. The van der Waals surface area contributed by atoms with Gasteiger partial charge in [-0.25, -0.2) is 4.68 Å². The minimum absolute atomic E-state index is 0.0309. The number of hydrogen-bond donors (Lipinski definition) is 2. The number of thioether (sulfide) groups is 1. The number of nitrogens with zero attached hydrogens (tertiary/aromatic N) is 2. The van der Waals surface area contributed by atoms with Crippen molar-refractivity contribution in [1.82, 2.24) is 9.36 Å². The Morgan fingerprint density at radius 1 is 1.00 bits per heavy atom. The first-order chi connectivity index (χ1) is 14.9. The van der Waals surface area contributed by atoms with E-state index in [1.165, 1.54) is 16.4 Å². The summed E-state index contributed by atoms with van der Waals surface area (Å²) in [6.45, 7) is 3.75. The van der Waals surface area contributed by atoms with Crippen molar-refractivity contribution in [2.45, 2.75) is 31.6 Å². The summed E-state index contributed by atoms with van der Waals surface area (Å²) in [5.41, 5.74) is 2.11. The van der Waals surface area contributed by atoms with Crippen LogP contribution in [0.15, 0.2) is 64.3 Å². The van der Waals surface area contributed by atoms with Gasteiger partial charge in [-0.15, -0.1) is 11.8 Å². The highest BCUT2D eigenvalue weighted by molar-refractivity contribution is 8.00. The van der Waals surface area contributed by atoms with Gasteiger partial charge in [0.15, 0.2) is 0 Å². The first-order valence-corrected chi connectivity index (χ1v) is 11.1. The second kappa shape index (κ2) is 10.2. The lowest BCUT2D eigenvalue weighted by atomic mass is 10.3. The number of nitrogens with one attached hydrogen (secondary N) is 2. The molecule has 7 nitrogen and oxygen atoms in total. The number of anilines is 2. The minimum Gasteiger partial charge on any atom is -0.326 e. The predicted octanol–water partition coefficient (Wildman–Crippen LogP) is 3.95. The molecule has 0 unspecified atom stereocenters. The van der Waals surface area contributed by atoms with Gasteiger partial charge in [-0.2, -0.15) is 0 Å². The molecule has 162 valence electrons. The van der Waals surface area contributed by atoms with Gasteiger partial charge in [0.05, 0.1) is 17.1 Å². The van der Waals surface area contributed by atoms with Crippen molar-refractivity contribution < 1.29 is 9.59 Å². The van der Waals surface area contributed by atoms with E-state index in [2.05, 4.69) is 10.6 Å². The summed E-state index contributed by atoms with van der Waals surface area (Å²) in [6.07, 6.45) is 1.25. The van der Waals surface area contributed by atoms with Gasteiger partial charge < -0.3 is 10.6 Å². The summed E-state index contributed by atoms with van der Waals surface area (Å²) < 4.78 is 3.25. The molecule has 0 atom stereocenters. The molecular weight excluding hydrogens is 412 g/mol. The molecule has 2 N–H and O–H groups in total. The highest BCUT2D eigenvalue weighted by atomic mass is 32.2. The standard InChI is InChI=1S/C23H26N4O3S/c1-4-9-20(28)24-17-10-8-13-19(14-17)31-15-21(29)25-22-16(2)26(3)27(23(22)30)18-11-6-5-7-12-18/h5-8,10-14H,4,9,15H2,1-3H3,(H,24,28)(H,25,29). The van der Waals surface area contributed by atoms with Crippen molar-refractivity contribution in [1.29, 1.82) is 0 Å². The van der Waals surface area contributed by atoms with Crippen LogP contribution < -0.4 is 16.2 Å². The molecule has 0 bridgehead atoms. The van der Waals surface area contributed by atoms with Crippen molar-refractivity contribution >= 4 is 35.0 Å². The third-order valence-corrected chi connectivity index (χ3v) is 5.78. The molecule has 0 aliphatic heterocycles. The number of hydrogen-bond acceptors (Lipinski definition) is 4. The molecule has 8 heteroatoms. The van der Waals surface area contributed by atoms with Crippen LogP contribution >= 0.6 is 11.8 Å². The number of carbonyl (C=O) groups is 2. The Bertz CT molecular complexity index is 1140. The zero-order valence-corrected chi connectivity index (χ0v) is 18.7. The first-order valence-electron chi connectivity index (χ1n) is 10.1. The number of benzene rings is 2. The zero-order chi connectivity index (χ0) is 22.4. The van der Waals surface area contributed by atoms with Crippen LogP contribution in [0.5, 0.6) is 0 Å². The molecule has 0 aliphatic carbocycles. The fourth-order valence-electron chi connectivity index (χ4n) is 3.15. The molecule has 0 aliphatic rings. The largest absolute Gasteiger partial charge is 0.326 e. The molecule has 0 spiro atoms. The SMILES string of the molecule is CCCC(=O)Nc1cccc(SCC(=O)Nc2c(C)n(C)n(-c3ccccc3)c2=O)c1. The topological polar surface area (TPSA) is 85.1 Å². The molecule has 2 aromatic carbocycles. The lowest BCUT2D eigenvalue weighted by Gasteiger charge is -2.07. The maximum atomic E-state index is 12.9. The van der Waals surface area contributed by atoms with E-state index in [4.69, 9.17) is 0 Å². The summed E-state index contributed by atoms with van der Waals surface area (Å²) in [4.78, 5) is 38.1. The summed E-state index contributed by atoms with van der Waals surface area (Å²) in [6, 6.07) is 16.6. The normalized spacial score (nSPS) is 10.7. The second-order valence-corrected chi connectivity index (χ2v) is 8.15. The number of aromatic nitrogens is 2. The fourth-order valence-corrected chi connectivity index (χ4v) is 3.91. The molecule has 0 fully saturated rings. The first kappa shape index (κ1) is 22.4. The predicted molar refractivity (Wildman–Crippen MR) is 125 cm³/mol. The van der Waals surface area contributed by atoms with Crippen molar-refractivity contribution in [3.63, 3.8) is 0 Å². The maximum absolute atomic E-state index is 12.9. The van der Waals surface area contributed by atoms with E-state index in [0.29, 0.717) is 17.8 Å². The van der Waals surface area contributed by atoms with Crippen molar-refractivity contribution in [2.75, 3.05) is 16.4 Å². The molecule has 0 saturated carbocycles. The smallest absolute Gasteiger partial charge is 0.295 e. The lowest BCUT2D eigenvalue weighted by Crippen LogP contribution is -2.23. The van der Waals surface area contributed by atoms with Crippen LogP contribution in [0.1, 0.15) is 25.5 Å². The van der Waals surface area contributed by atoms with Gasteiger partial charge in [0, 0.05) is 24.1 Å². The molecule has 2 amide bonds. The molecular formula is C23H26N4O3S. The summed E-state index contributed by atoms with van der Waals surface area (Å²) in [5.74, 6) is -0.154. The third kappa shape index (κ3) is 5.46. The van der Waals surface area contributed by atoms with Crippen LogP contribution in [0.3, 0.4) is 0 Å². The third-order valence-electron chi connectivity index (χ3n) is 4.78. The quantitative estimate of drug-likeness (QED) is 0.522. The highest BCUT2D eigenvalue weighted by Gasteiger charge is 2.18. The molecule has 0 radical (unpaired) electrons. The number of amides is 2. The van der Waals surface area contributed by atoms with Gasteiger partial charge in [-0.3, -0.25) is 19.1 Å². The molecule has 1 aromatic heterocycles. The van der Waals surface area contributed by atoms with Crippen molar-refractivity contribution in [3.05, 3.63) is 70.6 Å². The zero-order valence-electron chi connectivity index (χ0n) is 17.8. The Hall–Kier alpha value is -3.26. The van der Waals surface area contributed by atoms with Crippen LogP contribution in [0.25, 0.3) is 5.69 Å². The van der Waals surface area contributed by atoms with Crippen molar-refractivity contribution in [3.8, 4) is 5.69 Å². The molecule has 0 saturated heterocycles. The Labute approximate surface area is 185 Å². The summed E-state index contributed by atoms with van der Waals surface area (Å²) >= 11 is 1.34. The Morgan fingerprint density at radius 3 is 2.45 bits per heavy atom. The average Bonchev–Trinajstić information content (AvgIpc) is 2.96. The Balaban J connectivity index is 1.67. The van der Waals surface area contributed by atoms with E-state index in [-0.39, 0.29) is 28.8 Å². The lowest BCUT2D eigenvalue weighted by molar-refractivity contribution is -0.116. The minimum atomic E-state index is -0.273. The van der Waals surface area contributed by atoms with Crippen LogP contribution in [0, 0.1) is 6.92 Å². The molecule has 3 rings (SSSR count). The molecule has 3 aromatic rings. The van der Waals surface area contributed by atoms with Crippen LogP contribution in [-0.4, -0.2) is 26.9 Å².